The summed E-state index contributed by atoms with van der Waals surface area (Å²) in [7, 11) is 1.77. The number of carbonyl (C=O) groups is 1. The molecule has 2 fully saturated rings. The Kier molecular flexibility index (Phi) is 4.70. The SMILES string of the molecule is Cn1cnc(C(C(=O)O)N2CCN(C3CCCC3)CC2)c1Cl. The molecule has 1 aliphatic heterocycles. The van der Waals surface area contributed by atoms with Gasteiger partial charge in [0.1, 0.15) is 10.8 Å². The number of hydrogen-bond donors (Lipinski definition) is 1. The lowest BCUT2D eigenvalue weighted by Gasteiger charge is -2.40. The molecule has 7 heteroatoms. The van der Waals surface area contributed by atoms with Gasteiger partial charge in [0.15, 0.2) is 6.04 Å². The number of imidazole rings is 1. The number of rotatable bonds is 4. The zero-order chi connectivity index (χ0) is 15.7. The predicted octanol–water partition coefficient (Wildman–Crippen LogP) is 1.76. The third-order valence-corrected chi connectivity index (χ3v) is 5.40. The molecule has 1 N–H and O–H groups in total. The van der Waals surface area contributed by atoms with E-state index >= 15 is 0 Å². The molecule has 1 aliphatic carbocycles. The van der Waals surface area contributed by atoms with E-state index in [1.54, 1.807) is 17.9 Å². The number of aryl methyl sites for hydroxylation is 1. The number of nitrogens with zero attached hydrogens (tertiary/aromatic N) is 4. The molecule has 22 heavy (non-hydrogen) atoms. The summed E-state index contributed by atoms with van der Waals surface area (Å²) in [6.07, 6.45) is 6.80. The van der Waals surface area contributed by atoms with Crippen molar-refractivity contribution in [1.29, 1.82) is 0 Å². The molecule has 2 heterocycles. The summed E-state index contributed by atoms with van der Waals surface area (Å²) in [6, 6.07) is -0.0525. The van der Waals surface area contributed by atoms with Crippen molar-refractivity contribution in [3.63, 3.8) is 0 Å². The lowest BCUT2D eigenvalue weighted by Crippen LogP contribution is -2.51. The van der Waals surface area contributed by atoms with Crippen LogP contribution in [0.2, 0.25) is 5.15 Å². The van der Waals surface area contributed by atoms with Gasteiger partial charge in [-0.3, -0.25) is 14.6 Å². The summed E-state index contributed by atoms with van der Waals surface area (Å²) in [4.78, 5) is 20.4. The molecule has 0 radical (unpaired) electrons. The largest absolute Gasteiger partial charge is 0.480 e. The highest BCUT2D eigenvalue weighted by Crippen LogP contribution is 2.29. The van der Waals surface area contributed by atoms with Gasteiger partial charge >= 0.3 is 5.97 Å². The summed E-state index contributed by atoms with van der Waals surface area (Å²) < 4.78 is 1.65. The molecule has 1 atom stereocenters. The highest BCUT2D eigenvalue weighted by atomic mass is 35.5. The first-order chi connectivity index (χ1) is 10.6. The Morgan fingerprint density at radius 1 is 1.32 bits per heavy atom. The van der Waals surface area contributed by atoms with E-state index in [0.29, 0.717) is 16.9 Å². The highest BCUT2D eigenvalue weighted by molar-refractivity contribution is 6.30. The molecule has 1 aromatic heterocycles. The average Bonchev–Trinajstić information content (AvgIpc) is 3.14. The van der Waals surface area contributed by atoms with Crippen molar-refractivity contribution in [3.05, 3.63) is 17.2 Å². The summed E-state index contributed by atoms with van der Waals surface area (Å²) in [5, 5.41) is 10.0. The Morgan fingerprint density at radius 2 is 1.95 bits per heavy atom. The first-order valence-electron chi connectivity index (χ1n) is 7.95. The van der Waals surface area contributed by atoms with E-state index in [4.69, 9.17) is 11.6 Å². The molecule has 6 nitrogen and oxygen atoms in total. The van der Waals surface area contributed by atoms with Crippen molar-refractivity contribution in [1.82, 2.24) is 19.4 Å². The number of hydrogen-bond acceptors (Lipinski definition) is 4. The maximum absolute atomic E-state index is 11.7. The Balaban J connectivity index is 1.69. The maximum atomic E-state index is 11.7. The van der Waals surface area contributed by atoms with Gasteiger partial charge in [0.25, 0.3) is 0 Å². The fourth-order valence-corrected chi connectivity index (χ4v) is 3.89. The molecular weight excluding hydrogens is 304 g/mol. The summed E-state index contributed by atoms with van der Waals surface area (Å²) >= 11 is 6.20. The summed E-state index contributed by atoms with van der Waals surface area (Å²) in [6.45, 7) is 3.36. The molecule has 1 unspecified atom stereocenters. The molecule has 1 saturated heterocycles. The van der Waals surface area contributed by atoms with E-state index in [-0.39, 0.29) is 0 Å². The Bertz CT molecular complexity index is 534. The normalized spacial score (nSPS) is 23.0. The summed E-state index contributed by atoms with van der Waals surface area (Å²) in [5.74, 6) is -0.880. The number of piperazine rings is 1. The molecule has 0 amide bonds. The Hall–Kier alpha value is -1.11. The van der Waals surface area contributed by atoms with Gasteiger partial charge in [0, 0.05) is 39.3 Å². The van der Waals surface area contributed by atoms with Gasteiger partial charge in [-0.25, -0.2) is 4.98 Å². The lowest BCUT2D eigenvalue weighted by atomic mass is 10.1. The number of carboxylic acids is 1. The second-order valence-corrected chi connectivity index (χ2v) is 6.64. The van der Waals surface area contributed by atoms with Gasteiger partial charge in [-0.1, -0.05) is 24.4 Å². The van der Waals surface area contributed by atoms with Crippen LogP contribution in [-0.2, 0) is 11.8 Å². The fraction of sp³-hybridized carbons (Fsp3) is 0.733. The van der Waals surface area contributed by atoms with Gasteiger partial charge < -0.3 is 9.67 Å². The lowest BCUT2D eigenvalue weighted by molar-refractivity contribution is -0.144. The van der Waals surface area contributed by atoms with Crippen LogP contribution in [0.3, 0.4) is 0 Å². The quantitative estimate of drug-likeness (QED) is 0.913. The fourth-order valence-electron chi connectivity index (χ4n) is 3.69. The van der Waals surface area contributed by atoms with Crippen LogP contribution < -0.4 is 0 Å². The third-order valence-electron chi connectivity index (χ3n) is 4.94. The molecule has 2 aliphatic rings. The van der Waals surface area contributed by atoms with E-state index in [1.807, 2.05) is 4.90 Å². The first kappa shape index (κ1) is 15.8. The van der Waals surface area contributed by atoms with Crippen molar-refractivity contribution in [3.8, 4) is 0 Å². The van der Waals surface area contributed by atoms with Crippen LogP contribution in [0.4, 0.5) is 0 Å². The van der Waals surface area contributed by atoms with Crippen LogP contribution >= 0.6 is 11.6 Å². The zero-order valence-corrected chi connectivity index (χ0v) is 13.7. The van der Waals surface area contributed by atoms with Crippen LogP contribution in [0, 0.1) is 0 Å². The minimum absolute atomic E-state index is 0.408. The van der Waals surface area contributed by atoms with Crippen molar-refractivity contribution in [2.24, 2.45) is 7.05 Å². The predicted molar refractivity (Wildman–Crippen MR) is 84.0 cm³/mol. The van der Waals surface area contributed by atoms with Crippen molar-refractivity contribution >= 4 is 17.6 Å². The van der Waals surface area contributed by atoms with Gasteiger partial charge in [-0.05, 0) is 12.8 Å². The standard InChI is InChI=1S/C15H23ClN4O2/c1-18-10-17-12(14(18)16)13(15(21)22)20-8-6-19(7-9-20)11-4-2-3-5-11/h10-11,13H,2-9H2,1H3,(H,21,22). The molecule has 1 saturated carbocycles. The molecular formula is C15H23ClN4O2. The average molecular weight is 327 g/mol. The van der Waals surface area contributed by atoms with Crippen LogP contribution in [0.1, 0.15) is 37.4 Å². The second-order valence-electron chi connectivity index (χ2n) is 6.28. The Labute approximate surface area is 135 Å². The number of carboxylic acid groups (broad SMARTS) is 1. The number of halogens is 1. The number of aliphatic carboxylic acids is 1. The smallest absolute Gasteiger partial charge is 0.327 e. The van der Waals surface area contributed by atoms with Crippen LogP contribution in [0.5, 0.6) is 0 Å². The van der Waals surface area contributed by atoms with Crippen molar-refractivity contribution in [2.75, 3.05) is 26.2 Å². The van der Waals surface area contributed by atoms with Gasteiger partial charge in [-0.2, -0.15) is 0 Å². The topological polar surface area (TPSA) is 61.6 Å². The summed E-state index contributed by atoms with van der Waals surface area (Å²) in [5.41, 5.74) is 0.450. The van der Waals surface area contributed by atoms with Crippen molar-refractivity contribution in [2.45, 2.75) is 37.8 Å². The minimum atomic E-state index is -0.880. The van der Waals surface area contributed by atoms with Gasteiger partial charge in [-0.15, -0.1) is 0 Å². The molecule has 3 rings (SSSR count). The maximum Gasteiger partial charge on any atom is 0.327 e. The molecule has 0 spiro atoms. The number of aromatic nitrogens is 2. The minimum Gasteiger partial charge on any atom is -0.480 e. The first-order valence-corrected chi connectivity index (χ1v) is 8.33. The van der Waals surface area contributed by atoms with E-state index in [0.717, 1.165) is 26.2 Å². The third kappa shape index (κ3) is 3.00. The van der Waals surface area contributed by atoms with E-state index < -0.39 is 12.0 Å². The van der Waals surface area contributed by atoms with Crippen LogP contribution in [0.15, 0.2) is 6.33 Å². The van der Waals surface area contributed by atoms with E-state index in [1.165, 1.54) is 25.7 Å². The molecule has 0 bridgehead atoms. The Morgan fingerprint density at radius 3 is 2.45 bits per heavy atom. The van der Waals surface area contributed by atoms with E-state index in [9.17, 15) is 9.90 Å². The van der Waals surface area contributed by atoms with Crippen LogP contribution in [-0.4, -0.2) is 62.6 Å². The van der Waals surface area contributed by atoms with Gasteiger partial charge in [0.05, 0.1) is 6.33 Å². The molecule has 1 aromatic rings. The monoisotopic (exact) mass is 326 g/mol. The molecule has 0 aromatic carbocycles. The zero-order valence-electron chi connectivity index (χ0n) is 12.9. The van der Waals surface area contributed by atoms with Gasteiger partial charge in [0.2, 0.25) is 0 Å². The second kappa shape index (κ2) is 6.56. The van der Waals surface area contributed by atoms with Crippen LogP contribution in [0.25, 0.3) is 0 Å². The molecule has 122 valence electrons. The highest BCUT2D eigenvalue weighted by Gasteiger charge is 2.35. The van der Waals surface area contributed by atoms with E-state index in [2.05, 4.69) is 9.88 Å². The van der Waals surface area contributed by atoms with Crippen molar-refractivity contribution < 1.29 is 9.90 Å².